The molecule has 0 N–H and O–H groups in total. The van der Waals surface area contributed by atoms with E-state index in [1.807, 2.05) is 25.1 Å². The first-order chi connectivity index (χ1) is 10.1. The van der Waals surface area contributed by atoms with E-state index >= 15 is 0 Å². The molecule has 0 amide bonds. The van der Waals surface area contributed by atoms with E-state index in [2.05, 4.69) is 20.8 Å². The summed E-state index contributed by atoms with van der Waals surface area (Å²) in [5.74, 6) is 0.872. The number of nitrogens with zero attached hydrogens (tertiary/aromatic N) is 1. The van der Waals surface area contributed by atoms with Gasteiger partial charge in [0.15, 0.2) is 5.78 Å². The van der Waals surface area contributed by atoms with Crippen molar-refractivity contribution in [3.05, 3.63) is 28.2 Å². The molecule has 0 radical (unpaired) electrons. The van der Waals surface area contributed by atoms with Crippen LogP contribution in [0.25, 0.3) is 0 Å². The average molecular weight is 356 g/mol. The molecule has 1 atom stereocenters. The standard InChI is InChI=1S/C16H22BrNO3/c1-3-21-13-5-4-8-18(10-13)11-15(19)12-6-7-16(20-2)14(17)9-12/h6-7,9,13H,3-5,8,10-11H2,1-2H3. The summed E-state index contributed by atoms with van der Waals surface area (Å²) in [6, 6.07) is 5.46. The molecule has 1 aromatic carbocycles. The number of carbonyl (C=O) groups is 1. The Kier molecular flexibility index (Phi) is 6.21. The summed E-state index contributed by atoms with van der Waals surface area (Å²) in [7, 11) is 1.61. The van der Waals surface area contributed by atoms with E-state index in [0.29, 0.717) is 12.1 Å². The number of carbonyl (C=O) groups excluding carboxylic acids is 1. The maximum atomic E-state index is 12.4. The molecule has 1 saturated heterocycles. The molecule has 1 aliphatic heterocycles. The number of likely N-dealkylation sites (tertiary alicyclic amines) is 1. The minimum absolute atomic E-state index is 0.135. The minimum atomic E-state index is 0.135. The molecular weight excluding hydrogens is 334 g/mol. The molecule has 116 valence electrons. The number of rotatable bonds is 6. The number of benzene rings is 1. The van der Waals surface area contributed by atoms with Gasteiger partial charge in [-0.2, -0.15) is 0 Å². The van der Waals surface area contributed by atoms with Gasteiger partial charge in [0.2, 0.25) is 0 Å². The van der Waals surface area contributed by atoms with Crippen LogP contribution in [-0.2, 0) is 4.74 Å². The number of piperidine rings is 1. The quantitative estimate of drug-likeness (QED) is 0.734. The third-order valence-corrected chi connectivity index (χ3v) is 4.33. The molecule has 0 spiro atoms. The van der Waals surface area contributed by atoms with Crippen molar-refractivity contribution in [1.82, 2.24) is 4.90 Å². The van der Waals surface area contributed by atoms with E-state index in [4.69, 9.17) is 9.47 Å². The van der Waals surface area contributed by atoms with Gasteiger partial charge >= 0.3 is 0 Å². The van der Waals surface area contributed by atoms with Crippen molar-refractivity contribution in [2.75, 3.05) is 33.4 Å². The minimum Gasteiger partial charge on any atom is -0.496 e. The fourth-order valence-electron chi connectivity index (χ4n) is 2.66. The first kappa shape index (κ1) is 16.5. The van der Waals surface area contributed by atoms with Gasteiger partial charge in [0, 0.05) is 18.7 Å². The highest BCUT2D eigenvalue weighted by Gasteiger charge is 2.22. The number of ether oxygens (including phenoxy) is 2. The Morgan fingerprint density at radius 1 is 1.48 bits per heavy atom. The zero-order valence-electron chi connectivity index (χ0n) is 12.6. The van der Waals surface area contributed by atoms with Crippen LogP contribution in [0.4, 0.5) is 0 Å². The predicted octanol–water partition coefficient (Wildman–Crippen LogP) is 3.14. The van der Waals surface area contributed by atoms with Crippen molar-refractivity contribution in [1.29, 1.82) is 0 Å². The highest BCUT2D eigenvalue weighted by atomic mass is 79.9. The number of ketones is 1. The van der Waals surface area contributed by atoms with Crippen LogP contribution in [0.3, 0.4) is 0 Å². The molecule has 1 aliphatic rings. The summed E-state index contributed by atoms with van der Waals surface area (Å²) in [4.78, 5) is 14.6. The summed E-state index contributed by atoms with van der Waals surface area (Å²) in [6.07, 6.45) is 2.44. The Morgan fingerprint density at radius 2 is 2.29 bits per heavy atom. The van der Waals surface area contributed by atoms with E-state index in [1.165, 1.54) is 0 Å². The lowest BCUT2D eigenvalue weighted by atomic mass is 10.1. The largest absolute Gasteiger partial charge is 0.496 e. The molecule has 1 unspecified atom stereocenters. The predicted molar refractivity (Wildman–Crippen MR) is 86.1 cm³/mol. The zero-order valence-corrected chi connectivity index (χ0v) is 14.2. The van der Waals surface area contributed by atoms with Crippen molar-refractivity contribution < 1.29 is 14.3 Å². The summed E-state index contributed by atoms with van der Waals surface area (Å²) in [6.45, 7) is 5.00. The maximum Gasteiger partial charge on any atom is 0.176 e. The fourth-order valence-corrected chi connectivity index (χ4v) is 3.20. The van der Waals surface area contributed by atoms with Crippen LogP contribution >= 0.6 is 15.9 Å². The lowest BCUT2D eigenvalue weighted by Gasteiger charge is -2.31. The Labute approximate surface area is 134 Å². The van der Waals surface area contributed by atoms with Crippen LogP contribution in [0.15, 0.2) is 22.7 Å². The lowest BCUT2D eigenvalue weighted by molar-refractivity contribution is 0.00718. The van der Waals surface area contributed by atoms with Gasteiger partial charge in [-0.25, -0.2) is 0 Å². The van der Waals surface area contributed by atoms with E-state index in [9.17, 15) is 4.79 Å². The van der Waals surface area contributed by atoms with Crippen LogP contribution < -0.4 is 4.74 Å². The van der Waals surface area contributed by atoms with Gasteiger partial charge in [-0.15, -0.1) is 0 Å². The Morgan fingerprint density at radius 3 is 2.95 bits per heavy atom. The number of hydrogen-bond donors (Lipinski definition) is 0. The Balaban J connectivity index is 1.96. The van der Waals surface area contributed by atoms with E-state index in [1.54, 1.807) is 7.11 Å². The molecule has 0 bridgehead atoms. The van der Waals surface area contributed by atoms with Gasteiger partial charge in [-0.3, -0.25) is 9.69 Å². The maximum absolute atomic E-state index is 12.4. The Bertz CT molecular complexity index is 490. The Hall–Kier alpha value is -0.910. The van der Waals surface area contributed by atoms with Gasteiger partial charge in [0.25, 0.3) is 0 Å². The summed E-state index contributed by atoms with van der Waals surface area (Å²) < 4.78 is 11.7. The molecule has 5 heteroatoms. The summed E-state index contributed by atoms with van der Waals surface area (Å²) >= 11 is 3.42. The van der Waals surface area contributed by atoms with Gasteiger partial charge in [-0.05, 0) is 60.4 Å². The second kappa shape index (κ2) is 7.92. The van der Waals surface area contributed by atoms with Gasteiger partial charge < -0.3 is 9.47 Å². The molecule has 4 nitrogen and oxygen atoms in total. The first-order valence-electron chi connectivity index (χ1n) is 7.34. The number of hydrogen-bond acceptors (Lipinski definition) is 4. The normalized spacial score (nSPS) is 19.5. The molecule has 1 heterocycles. The summed E-state index contributed by atoms with van der Waals surface area (Å²) in [5.41, 5.74) is 0.709. The van der Waals surface area contributed by atoms with E-state index in [0.717, 1.165) is 42.8 Å². The van der Waals surface area contributed by atoms with Crippen LogP contribution in [0.5, 0.6) is 5.75 Å². The fraction of sp³-hybridized carbons (Fsp3) is 0.562. The van der Waals surface area contributed by atoms with Gasteiger partial charge in [-0.1, -0.05) is 0 Å². The molecular formula is C16H22BrNO3. The second-order valence-electron chi connectivity index (χ2n) is 5.23. The monoisotopic (exact) mass is 355 g/mol. The van der Waals surface area contributed by atoms with E-state index < -0.39 is 0 Å². The van der Waals surface area contributed by atoms with Crippen LogP contribution in [0.1, 0.15) is 30.1 Å². The van der Waals surface area contributed by atoms with E-state index in [-0.39, 0.29) is 11.9 Å². The van der Waals surface area contributed by atoms with Gasteiger partial charge in [0.05, 0.1) is 24.2 Å². The third kappa shape index (κ3) is 4.53. The zero-order chi connectivity index (χ0) is 15.2. The smallest absolute Gasteiger partial charge is 0.176 e. The average Bonchev–Trinajstić information content (AvgIpc) is 2.48. The van der Waals surface area contributed by atoms with Gasteiger partial charge in [0.1, 0.15) is 5.75 Å². The highest BCUT2D eigenvalue weighted by molar-refractivity contribution is 9.10. The lowest BCUT2D eigenvalue weighted by Crippen LogP contribution is -2.42. The van der Waals surface area contributed by atoms with Crippen LogP contribution in [0.2, 0.25) is 0 Å². The third-order valence-electron chi connectivity index (χ3n) is 3.71. The molecule has 0 aromatic heterocycles. The SMILES string of the molecule is CCOC1CCCN(CC(=O)c2ccc(OC)c(Br)c2)C1. The van der Waals surface area contributed by atoms with Crippen molar-refractivity contribution in [3.8, 4) is 5.75 Å². The van der Waals surface area contributed by atoms with Crippen molar-refractivity contribution >= 4 is 21.7 Å². The molecule has 21 heavy (non-hydrogen) atoms. The first-order valence-corrected chi connectivity index (χ1v) is 8.14. The van der Waals surface area contributed by atoms with Crippen molar-refractivity contribution in [3.63, 3.8) is 0 Å². The van der Waals surface area contributed by atoms with Crippen molar-refractivity contribution in [2.45, 2.75) is 25.9 Å². The molecule has 0 aliphatic carbocycles. The number of halogens is 1. The number of methoxy groups -OCH3 is 1. The molecule has 1 fully saturated rings. The molecule has 1 aromatic rings. The van der Waals surface area contributed by atoms with Crippen molar-refractivity contribution in [2.24, 2.45) is 0 Å². The molecule has 2 rings (SSSR count). The van der Waals surface area contributed by atoms with Crippen LogP contribution in [-0.4, -0.2) is 50.1 Å². The number of Topliss-reactive ketones (excluding diaryl/α,β-unsaturated/α-hetero) is 1. The second-order valence-corrected chi connectivity index (χ2v) is 6.08. The van der Waals surface area contributed by atoms with Crippen LogP contribution in [0, 0.1) is 0 Å². The summed E-state index contributed by atoms with van der Waals surface area (Å²) in [5, 5.41) is 0. The topological polar surface area (TPSA) is 38.8 Å². The highest BCUT2D eigenvalue weighted by Crippen LogP contribution is 2.26. The molecule has 0 saturated carbocycles.